The number of nitrogens with one attached hydrogen (secondary N) is 2. The Morgan fingerprint density at radius 3 is 2.24 bits per heavy atom. The molecule has 0 radical (unpaired) electrons. The van der Waals surface area contributed by atoms with Crippen molar-refractivity contribution in [2.75, 3.05) is 12.4 Å². The summed E-state index contributed by atoms with van der Waals surface area (Å²) in [7, 11) is -2.39. The van der Waals surface area contributed by atoms with Crippen molar-refractivity contribution in [3.05, 3.63) is 81.1 Å². The highest BCUT2D eigenvalue weighted by atomic mass is 32.2. The maximum Gasteiger partial charge on any atom is 0.333 e. The maximum atomic E-state index is 12.7. The summed E-state index contributed by atoms with van der Waals surface area (Å²) in [6.45, 7) is 0. The van der Waals surface area contributed by atoms with Gasteiger partial charge in [-0.25, -0.2) is 22.9 Å². The highest BCUT2D eigenvalue weighted by molar-refractivity contribution is 7.89. The Morgan fingerprint density at radius 2 is 1.69 bits per heavy atom. The molecule has 0 aliphatic heterocycles. The first kappa shape index (κ1) is 20.0. The molecule has 1 amide bonds. The summed E-state index contributed by atoms with van der Waals surface area (Å²) >= 11 is 0. The van der Waals surface area contributed by atoms with Gasteiger partial charge in [0.15, 0.2) is 0 Å². The van der Waals surface area contributed by atoms with E-state index in [1.54, 1.807) is 12.1 Å². The summed E-state index contributed by atoms with van der Waals surface area (Å²) in [4.78, 5) is 39.6. The van der Waals surface area contributed by atoms with Gasteiger partial charge in [0.05, 0.1) is 17.7 Å². The summed E-state index contributed by atoms with van der Waals surface area (Å²) in [6.07, 6.45) is 1.01. The van der Waals surface area contributed by atoms with Crippen LogP contribution in [0.2, 0.25) is 0 Å². The number of carbonyl (C=O) groups excluding carboxylic acids is 1. The molecule has 0 aliphatic rings. The van der Waals surface area contributed by atoms with E-state index in [9.17, 15) is 22.8 Å². The van der Waals surface area contributed by atoms with Crippen LogP contribution in [0.25, 0.3) is 5.69 Å². The lowest BCUT2D eigenvalue weighted by atomic mass is 10.2. The second-order valence-electron chi connectivity index (χ2n) is 5.87. The number of hydrogen-bond acceptors (Lipinski definition) is 6. The van der Waals surface area contributed by atoms with Gasteiger partial charge in [0.1, 0.15) is 11.3 Å². The number of sulfonamides is 1. The Kier molecular flexibility index (Phi) is 5.35. The number of methoxy groups -OCH3 is 1. The smallest absolute Gasteiger partial charge is 0.333 e. The number of hydrogen-bond donors (Lipinski definition) is 3. The summed E-state index contributed by atoms with van der Waals surface area (Å²) in [5.74, 6) is -0.244. The molecule has 29 heavy (non-hydrogen) atoms. The van der Waals surface area contributed by atoms with Crippen molar-refractivity contribution in [2.24, 2.45) is 5.14 Å². The average molecular weight is 416 g/mol. The van der Waals surface area contributed by atoms with E-state index < -0.39 is 27.2 Å². The zero-order valence-electron chi connectivity index (χ0n) is 15.1. The number of rotatable bonds is 5. The molecule has 2 aromatic carbocycles. The molecule has 10 nitrogen and oxygen atoms in total. The number of anilines is 1. The number of aromatic amines is 1. The average Bonchev–Trinajstić information content (AvgIpc) is 2.68. The molecule has 0 saturated carbocycles. The second-order valence-corrected chi connectivity index (χ2v) is 7.43. The molecule has 0 unspecified atom stereocenters. The van der Waals surface area contributed by atoms with E-state index in [0.29, 0.717) is 5.75 Å². The fraction of sp³-hybridized carbons (Fsp3) is 0.0556. The van der Waals surface area contributed by atoms with Crippen LogP contribution in [0.4, 0.5) is 5.69 Å². The molecule has 0 bridgehead atoms. The molecule has 3 aromatic rings. The minimum Gasteiger partial charge on any atom is -0.497 e. The van der Waals surface area contributed by atoms with Gasteiger partial charge in [0, 0.05) is 11.9 Å². The third-order valence-corrected chi connectivity index (χ3v) is 4.92. The van der Waals surface area contributed by atoms with E-state index in [0.717, 1.165) is 10.8 Å². The van der Waals surface area contributed by atoms with E-state index in [-0.39, 0.29) is 21.8 Å². The van der Waals surface area contributed by atoms with Crippen LogP contribution < -0.4 is 26.4 Å². The Bertz CT molecular complexity index is 1280. The van der Waals surface area contributed by atoms with E-state index in [1.807, 2.05) is 0 Å². The highest BCUT2D eigenvalue weighted by Crippen LogP contribution is 2.14. The lowest BCUT2D eigenvalue weighted by Crippen LogP contribution is -2.38. The molecule has 150 valence electrons. The van der Waals surface area contributed by atoms with Crippen LogP contribution in [0.1, 0.15) is 10.4 Å². The summed E-state index contributed by atoms with van der Waals surface area (Å²) < 4.78 is 28.4. The highest BCUT2D eigenvalue weighted by Gasteiger charge is 2.16. The Labute approximate surface area is 164 Å². The molecule has 3 rings (SSSR count). The number of benzene rings is 2. The monoisotopic (exact) mass is 416 g/mol. The van der Waals surface area contributed by atoms with Gasteiger partial charge in [0.25, 0.3) is 11.5 Å². The lowest BCUT2D eigenvalue weighted by molar-refractivity contribution is 0.102. The van der Waals surface area contributed by atoms with Gasteiger partial charge in [-0.15, -0.1) is 0 Å². The van der Waals surface area contributed by atoms with E-state index in [1.165, 1.54) is 43.5 Å². The van der Waals surface area contributed by atoms with Crippen LogP contribution in [0.5, 0.6) is 5.75 Å². The fourth-order valence-corrected chi connectivity index (χ4v) is 3.04. The van der Waals surface area contributed by atoms with Crippen molar-refractivity contribution >= 4 is 21.6 Å². The maximum absolute atomic E-state index is 12.7. The SMILES string of the molecule is COc1ccc(-n2c(=O)[nH]cc(C(=O)Nc3ccc(S(N)(=O)=O)cc3)c2=O)cc1. The van der Waals surface area contributed by atoms with E-state index >= 15 is 0 Å². The molecule has 0 aliphatic carbocycles. The predicted molar refractivity (Wildman–Crippen MR) is 105 cm³/mol. The van der Waals surface area contributed by atoms with Crippen molar-refractivity contribution in [3.8, 4) is 11.4 Å². The molecular weight excluding hydrogens is 400 g/mol. The van der Waals surface area contributed by atoms with Gasteiger partial charge in [-0.2, -0.15) is 0 Å². The quantitative estimate of drug-likeness (QED) is 0.548. The number of aromatic nitrogens is 2. The van der Waals surface area contributed by atoms with Crippen LogP contribution >= 0.6 is 0 Å². The summed E-state index contributed by atoms with van der Waals surface area (Å²) in [5.41, 5.74) is -1.35. The van der Waals surface area contributed by atoms with Gasteiger partial charge in [-0.05, 0) is 48.5 Å². The summed E-state index contributed by atoms with van der Waals surface area (Å²) in [6, 6.07) is 11.2. The number of nitrogens with two attached hydrogens (primary N) is 1. The van der Waals surface area contributed by atoms with Crippen LogP contribution in [0.15, 0.2) is 69.2 Å². The van der Waals surface area contributed by atoms with Crippen LogP contribution in [0, 0.1) is 0 Å². The van der Waals surface area contributed by atoms with Crippen molar-refractivity contribution in [2.45, 2.75) is 4.90 Å². The molecule has 0 spiro atoms. The number of primary sulfonamides is 1. The third-order valence-electron chi connectivity index (χ3n) is 3.99. The molecule has 0 saturated heterocycles. The van der Waals surface area contributed by atoms with Crippen LogP contribution in [-0.4, -0.2) is 31.0 Å². The number of ether oxygens (including phenoxy) is 1. The van der Waals surface area contributed by atoms with Gasteiger partial charge in [-0.3, -0.25) is 9.59 Å². The zero-order valence-corrected chi connectivity index (χ0v) is 15.9. The van der Waals surface area contributed by atoms with Crippen molar-refractivity contribution in [3.63, 3.8) is 0 Å². The first-order chi connectivity index (χ1) is 13.7. The molecule has 1 heterocycles. The van der Waals surface area contributed by atoms with Gasteiger partial charge in [0.2, 0.25) is 10.0 Å². The Balaban J connectivity index is 1.93. The number of H-pyrrole nitrogens is 1. The minimum absolute atomic E-state index is 0.124. The Hall–Kier alpha value is -3.70. The molecular formula is C18H16N4O6S. The number of amides is 1. The van der Waals surface area contributed by atoms with Crippen LogP contribution in [0.3, 0.4) is 0 Å². The number of nitrogens with zero attached hydrogens (tertiary/aromatic N) is 1. The first-order valence-corrected chi connectivity index (χ1v) is 9.69. The fourth-order valence-electron chi connectivity index (χ4n) is 2.53. The standard InChI is InChI=1S/C18H16N4O6S/c1-28-13-6-4-12(5-7-13)22-17(24)15(10-20-18(22)25)16(23)21-11-2-8-14(9-3-11)29(19,26)27/h2-10H,1H3,(H,20,25)(H,21,23)(H2,19,26,27). The molecule has 0 atom stereocenters. The number of carbonyl (C=O) groups is 1. The largest absolute Gasteiger partial charge is 0.497 e. The van der Waals surface area contributed by atoms with Crippen LogP contribution in [-0.2, 0) is 10.0 Å². The molecule has 4 N–H and O–H groups in total. The van der Waals surface area contributed by atoms with Crippen molar-refractivity contribution in [1.82, 2.24) is 9.55 Å². The second kappa shape index (κ2) is 7.73. The Morgan fingerprint density at radius 1 is 1.07 bits per heavy atom. The summed E-state index contributed by atoms with van der Waals surface area (Å²) in [5, 5.41) is 7.49. The van der Waals surface area contributed by atoms with Crippen molar-refractivity contribution in [1.29, 1.82) is 0 Å². The first-order valence-electron chi connectivity index (χ1n) is 8.14. The minimum atomic E-state index is -3.87. The van der Waals surface area contributed by atoms with Crippen molar-refractivity contribution < 1.29 is 17.9 Å². The zero-order chi connectivity index (χ0) is 21.2. The van der Waals surface area contributed by atoms with Gasteiger partial charge < -0.3 is 15.0 Å². The predicted octanol–water partition coefficient (Wildman–Crippen LogP) is 0.434. The molecule has 1 aromatic heterocycles. The molecule has 0 fully saturated rings. The topological polar surface area (TPSA) is 153 Å². The lowest BCUT2D eigenvalue weighted by Gasteiger charge is -2.09. The molecule has 11 heteroatoms. The van der Waals surface area contributed by atoms with Gasteiger partial charge in [-0.1, -0.05) is 0 Å². The third kappa shape index (κ3) is 4.25. The van der Waals surface area contributed by atoms with E-state index in [2.05, 4.69) is 10.3 Å². The van der Waals surface area contributed by atoms with E-state index in [4.69, 9.17) is 9.88 Å². The van der Waals surface area contributed by atoms with Gasteiger partial charge >= 0.3 is 5.69 Å². The normalized spacial score (nSPS) is 11.1.